The first-order valence-corrected chi connectivity index (χ1v) is 12.5. The van der Waals surface area contributed by atoms with Gasteiger partial charge >= 0.3 is 6.18 Å². The van der Waals surface area contributed by atoms with E-state index in [1.54, 1.807) is 13.8 Å². The van der Waals surface area contributed by atoms with Gasteiger partial charge in [-0.25, -0.2) is 8.42 Å². The van der Waals surface area contributed by atoms with Crippen LogP contribution in [0.2, 0.25) is 0 Å². The monoisotopic (exact) mass is 445 g/mol. The number of halogens is 3. The van der Waals surface area contributed by atoms with Crippen molar-refractivity contribution in [3.05, 3.63) is 0 Å². The van der Waals surface area contributed by atoms with E-state index in [9.17, 15) is 26.1 Å². The molecule has 176 valence electrons. The SMILES string of the molecule is CC(C)(CCCCCCCCCCCCCCCCCC(F)(F)F)OS(=O)(=O)[O-]. The maximum Gasteiger partial charge on any atom is 0.389 e. The van der Waals surface area contributed by atoms with Gasteiger partial charge in [-0.3, -0.25) is 4.18 Å². The standard InChI is InChI=1S/C21H41F3O4S/c1-20(2,28-29(25,26)27)18-16-14-12-10-8-6-4-3-5-7-9-11-13-15-17-19-21(22,23)24/h3-19H2,1-2H3,(H,25,26,27)/p-1. The van der Waals surface area contributed by atoms with Crippen molar-refractivity contribution in [1.29, 1.82) is 0 Å². The largest absolute Gasteiger partial charge is 0.726 e. The topological polar surface area (TPSA) is 66.4 Å². The Morgan fingerprint density at radius 2 is 0.897 bits per heavy atom. The van der Waals surface area contributed by atoms with Crippen LogP contribution in [-0.2, 0) is 14.6 Å². The zero-order chi connectivity index (χ0) is 22.2. The maximum absolute atomic E-state index is 12.0. The second-order valence-electron chi connectivity index (χ2n) is 8.67. The van der Waals surface area contributed by atoms with E-state index in [1.807, 2.05) is 0 Å². The minimum absolute atomic E-state index is 0.261. The highest BCUT2D eigenvalue weighted by molar-refractivity contribution is 7.80. The minimum Gasteiger partial charge on any atom is -0.726 e. The lowest BCUT2D eigenvalue weighted by Crippen LogP contribution is -2.27. The van der Waals surface area contributed by atoms with Crippen LogP contribution in [-0.4, -0.2) is 24.7 Å². The van der Waals surface area contributed by atoms with Crippen LogP contribution in [0.3, 0.4) is 0 Å². The molecule has 0 aromatic rings. The first-order chi connectivity index (χ1) is 13.4. The molecule has 0 aromatic heterocycles. The molecule has 0 amide bonds. The molecule has 0 saturated heterocycles. The van der Waals surface area contributed by atoms with E-state index >= 15 is 0 Å². The van der Waals surface area contributed by atoms with Gasteiger partial charge in [-0.2, -0.15) is 13.2 Å². The lowest BCUT2D eigenvalue weighted by Gasteiger charge is -2.26. The normalized spacial score (nSPS) is 13.2. The summed E-state index contributed by atoms with van der Waals surface area (Å²) in [6, 6.07) is 0. The third-order valence-corrected chi connectivity index (χ3v) is 5.72. The summed E-state index contributed by atoms with van der Waals surface area (Å²) >= 11 is 0. The third-order valence-electron chi connectivity index (χ3n) is 5.07. The van der Waals surface area contributed by atoms with Crippen LogP contribution in [0, 0.1) is 0 Å². The number of alkyl halides is 3. The van der Waals surface area contributed by atoms with Crippen LogP contribution >= 0.6 is 0 Å². The Kier molecular flexibility index (Phi) is 15.3. The number of hydrogen-bond acceptors (Lipinski definition) is 4. The molecule has 29 heavy (non-hydrogen) atoms. The minimum atomic E-state index is -4.65. The second kappa shape index (κ2) is 15.5. The molecular weight excluding hydrogens is 405 g/mol. The van der Waals surface area contributed by atoms with E-state index in [-0.39, 0.29) is 6.42 Å². The summed E-state index contributed by atoms with van der Waals surface area (Å²) in [4.78, 5) is 0. The Bertz CT molecular complexity index is 491. The fourth-order valence-electron chi connectivity index (χ4n) is 3.49. The summed E-state index contributed by atoms with van der Waals surface area (Å²) in [5, 5.41) is 0. The van der Waals surface area contributed by atoms with Gasteiger partial charge in [0.15, 0.2) is 0 Å². The van der Waals surface area contributed by atoms with Crippen molar-refractivity contribution >= 4 is 10.4 Å². The van der Waals surface area contributed by atoms with Gasteiger partial charge in [0, 0.05) is 6.42 Å². The fourth-order valence-corrected chi connectivity index (χ4v) is 4.13. The molecule has 0 fully saturated rings. The van der Waals surface area contributed by atoms with Crippen molar-refractivity contribution in [2.24, 2.45) is 0 Å². The summed E-state index contributed by atoms with van der Waals surface area (Å²) in [5.74, 6) is 0. The second-order valence-corrected chi connectivity index (χ2v) is 9.65. The first kappa shape index (κ1) is 28.7. The van der Waals surface area contributed by atoms with E-state index in [4.69, 9.17) is 0 Å². The molecule has 0 rings (SSSR count). The number of rotatable bonds is 19. The molecule has 0 atom stereocenters. The van der Waals surface area contributed by atoms with Gasteiger partial charge in [0.25, 0.3) is 0 Å². The molecule has 0 saturated carbocycles. The lowest BCUT2D eigenvalue weighted by molar-refractivity contribution is -0.135. The molecule has 0 aromatic carbocycles. The molecule has 0 N–H and O–H groups in total. The van der Waals surface area contributed by atoms with E-state index in [0.29, 0.717) is 12.8 Å². The molecule has 0 bridgehead atoms. The highest BCUT2D eigenvalue weighted by atomic mass is 32.3. The van der Waals surface area contributed by atoms with Gasteiger partial charge < -0.3 is 4.55 Å². The summed E-state index contributed by atoms with van der Waals surface area (Å²) in [5.41, 5.74) is -0.927. The van der Waals surface area contributed by atoms with Gasteiger partial charge in [0.1, 0.15) is 0 Å². The summed E-state index contributed by atoms with van der Waals surface area (Å²) in [6.07, 6.45) is 11.3. The van der Waals surface area contributed by atoms with Gasteiger partial charge in [0.05, 0.1) is 5.60 Å². The number of unbranched alkanes of at least 4 members (excludes halogenated alkanes) is 14. The molecule has 0 aliphatic carbocycles. The van der Waals surface area contributed by atoms with Crippen molar-refractivity contribution in [2.75, 3.05) is 0 Å². The average Bonchev–Trinajstić information content (AvgIpc) is 2.54. The van der Waals surface area contributed by atoms with Crippen LogP contribution in [0.5, 0.6) is 0 Å². The Balaban J connectivity index is 3.28. The zero-order valence-corrected chi connectivity index (χ0v) is 19.0. The highest BCUT2D eigenvalue weighted by Crippen LogP contribution is 2.23. The van der Waals surface area contributed by atoms with Gasteiger partial charge in [-0.15, -0.1) is 0 Å². The van der Waals surface area contributed by atoms with Crippen LogP contribution in [0.15, 0.2) is 0 Å². The first-order valence-electron chi connectivity index (χ1n) is 11.1. The molecule has 0 radical (unpaired) electrons. The van der Waals surface area contributed by atoms with E-state index in [2.05, 4.69) is 4.18 Å². The maximum atomic E-state index is 12.0. The van der Waals surface area contributed by atoms with Gasteiger partial charge in [-0.1, -0.05) is 89.9 Å². The number of hydrogen-bond donors (Lipinski definition) is 0. The molecule has 0 spiro atoms. The fraction of sp³-hybridized carbons (Fsp3) is 1.00. The highest BCUT2D eigenvalue weighted by Gasteiger charge is 2.25. The Morgan fingerprint density at radius 1 is 0.621 bits per heavy atom. The molecule has 0 aliphatic heterocycles. The van der Waals surface area contributed by atoms with Crippen LogP contribution < -0.4 is 0 Å². The lowest BCUT2D eigenvalue weighted by atomic mass is 9.99. The van der Waals surface area contributed by atoms with E-state index < -0.39 is 28.6 Å². The molecule has 0 unspecified atom stereocenters. The summed E-state index contributed by atoms with van der Waals surface area (Å²) in [7, 11) is -4.65. The quantitative estimate of drug-likeness (QED) is 0.118. The van der Waals surface area contributed by atoms with Crippen molar-refractivity contribution < 1.29 is 30.3 Å². The summed E-state index contributed by atoms with van der Waals surface area (Å²) in [6.45, 7) is 3.24. The molecule has 4 nitrogen and oxygen atoms in total. The van der Waals surface area contributed by atoms with Crippen molar-refractivity contribution in [3.63, 3.8) is 0 Å². The van der Waals surface area contributed by atoms with Crippen LogP contribution in [0.1, 0.15) is 123 Å². The van der Waals surface area contributed by atoms with Crippen LogP contribution in [0.25, 0.3) is 0 Å². The zero-order valence-electron chi connectivity index (χ0n) is 18.2. The van der Waals surface area contributed by atoms with Crippen molar-refractivity contribution in [1.82, 2.24) is 0 Å². The predicted octanol–water partition coefficient (Wildman–Crippen LogP) is 7.44. The predicted molar refractivity (Wildman–Crippen MR) is 109 cm³/mol. The van der Waals surface area contributed by atoms with Gasteiger partial charge in [0.2, 0.25) is 10.4 Å². The molecule has 0 heterocycles. The van der Waals surface area contributed by atoms with Crippen LogP contribution in [0.4, 0.5) is 13.2 Å². The third kappa shape index (κ3) is 23.8. The smallest absolute Gasteiger partial charge is 0.389 e. The average molecular weight is 446 g/mol. The molecular formula is C21H40F3O4S-. The van der Waals surface area contributed by atoms with E-state index in [1.165, 1.54) is 44.9 Å². The van der Waals surface area contributed by atoms with Crippen molar-refractivity contribution in [3.8, 4) is 0 Å². The van der Waals surface area contributed by atoms with Gasteiger partial charge in [-0.05, 0) is 26.7 Å². The Labute approximate surface area is 175 Å². The van der Waals surface area contributed by atoms with Crippen molar-refractivity contribution in [2.45, 2.75) is 135 Å². The Morgan fingerprint density at radius 3 is 1.17 bits per heavy atom. The Hall–Kier alpha value is -0.340. The van der Waals surface area contributed by atoms with E-state index in [0.717, 1.165) is 38.5 Å². The molecule has 0 aliphatic rings. The molecule has 8 heteroatoms. The summed E-state index contributed by atoms with van der Waals surface area (Å²) < 4.78 is 72.4.